The van der Waals surface area contributed by atoms with Gasteiger partial charge in [0.25, 0.3) is 5.91 Å². The van der Waals surface area contributed by atoms with Crippen LogP contribution in [0.15, 0.2) is 18.2 Å². The zero-order valence-electron chi connectivity index (χ0n) is 13.2. The summed E-state index contributed by atoms with van der Waals surface area (Å²) in [6.07, 6.45) is -3.20. The van der Waals surface area contributed by atoms with Gasteiger partial charge in [0.15, 0.2) is 6.61 Å². The van der Waals surface area contributed by atoms with Gasteiger partial charge in [-0.05, 0) is 25.0 Å². The molecule has 3 N–H and O–H groups in total. The van der Waals surface area contributed by atoms with Crippen molar-refractivity contribution in [3.63, 3.8) is 0 Å². The van der Waals surface area contributed by atoms with Crippen molar-refractivity contribution < 1.29 is 37.7 Å². The lowest BCUT2D eigenvalue weighted by Crippen LogP contribution is -2.48. The summed E-state index contributed by atoms with van der Waals surface area (Å²) in [6, 6.07) is 2.13. The van der Waals surface area contributed by atoms with Gasteiger partial charge in [-0.25, -0.2) is 4.79 Å². The second-order valence-electron chi connectivity index (χ2n) is 5.88. The fourth-order valence-corrected chi connectivity index (χ4v) is 2.85. The summed E-state index contributed by atoms with van der Waals surface area (Å²) < 4.78 is 43.6. The summed E-state index contributed by atoms with van der Waals surface area (Å²) in [4.78, 5) is 23.6. The fourth-order valence-electron chi connectivity index (χ4n) is 2.85. The summed E-state index contributed by atoms with van der Waals surface area (Å²) in [5.41, 5.74) is -0.267. The van der Waals surface area contributed by atoms with E-state index in [-0.39, 0.29) is 24.2 Å². The Morgan fingerprint density at radius 3 is 2.52 bits per heavy atom. The minimum Gasteiger partial charge on any atom is -0.508 e. The Morgan fingerprint density at radius 1 is 1.20 bits per heavy atom. The molecule has 0 bridgehead atoms. The molecule has 0 spiro atoms. The van der Waals surface area contributed by atoms with E-state index in [0.29, 0.717) is 12.8 Å². The Balaban J connectivity index is 1.90. The molecule has 1 saturated carbocycles. The molecule has 2 unspecified atom stereocenters. The first-order chi connectivity index (χ1) is 11.7. The zero-order valence-corrected chi connectivity index (χ0v) is 13.2. The van der Waals surface area contributed by atoms with E-state index < -0.39 is 42.4 Å². The van der Waals surface area contributed by atoms with Crippen molar-refractivity contribution in [3.05, 3.63) is 23.8 Å². The van der Waals surface area contributed by atoms with E-state index in [0.717, 1.165) is 18.2 Å². The van der Waals surface area contributed by atoms with E-state index in [4.69, 9.17) is 9.84 Å². The van der Waals surface area contributed by atoms with Crippen LogP contribution in [0.1, 0.15) is 36.0 Å². The topological polar surface area (TPSA) is 95.9 Å². The third-order valence-corrected chi connectivity index (χ3v) is 4.07. The molecule has 25 heavy (non-hydrogen) atoms. The number of benzene rings is 1. The lowest BCUT2D eigenvalue weighted by molar-refractivity contribution is -0.189. The van der Waals surface area contributed by atoms with E-state index in [9.17, 15) is 27.9 Å². The highest BCUT2D eigenvalue weighted by molar-refractivity contribution is 5.94. The quantitative estimate of drug-likeness (QED) is 0.716. The van der Waals surface area contributed by atoms with Gasteiger partial charge in [0.05, 0.1) is 5.92 Å². The normalized spacial score (nSPS) is 20.8. The average molecular weight is 361 g/mol. The van der Waals surface area contributed by atoms with Crippen LogP contribution in [0.2, 0.25) is 0 Å². The lowest BCUT2D eigenvalue weighted by Gasteiger charge is -2.33. The molecule has 9 heteroatoms. The van der Waals surface area contributed by atoms with Crippen molar-refractivity contribution >= 4 is 11.9 Å². The molecule has 2 atom stereocenters. The molecule has 1 fully saturated rings. The number of esters is 1. The van der Waals surface area contributed by atoms with Crippen LogP contribution in [0.3, 0.4) is 0 Å². The van der Waals surface area contributed by atoms with Crippen LogP contribution in [0.25, 0.3) is 0 Å². The molecule has 1 aliphatic rings. The molecule has 138 valence electrons. The third-order valence-electron chi connectivity index (χ3n) is 4.07. The van der Waals surface area contributed by atoms with Crippen molar-refractivity contribution in [3.8, 4) is 11.5 Å². The summed E-state index contributed by atoms with van der Waals surface area (Å²) in [5, 5.41) is 20.9. The number of phenols is 2. The van der Waals surface area contributed by atoms with Gasteiger partial charge in [-0.3, -0.25) is 4.79 Å². The van der Waals surface area contributed by atoms with Crippen LogP contribution >= 0.6 is 0 Å². The molecule has 2 rings (SSSR count). The molecule has 6 nitrogen and oxygen atoms in total. The number of rotatable bonds is 4. The fraction of sp³-hybridized carbons (Fsp3) is 0.500. The molecular weight excluding hydrogens is 343 g/mol. The Hall–Kier alpha value is -2.45. The van der Waals surface area contributed by atoms with E-state index in [1.807, 2.05) is 0 Å². The van der Waals surface area contributed by atoms with Crippen molar-refractivity contribution in [2.24, 2.45) is 5.92 Å². The third kappa shape index (κ3) is 5.01. The number of alkyl halides is 3. The van der Waals surface area contributed by atoms with Crippen molar-refractivity contribution in [1.29, 1.82) is 0 Å². The molecule has 0 saturated heterocycles. The predicted octanol–water partition coefficient (Wildman–Crippen LogP) is 2.49. The second kappa shape index (κ2) is 7.62. The molecule has 0 radical (unpaired) electrons. The van der Waals surface area contributed by atoms with E-state index in [1.54, 1.807) is 0 Å². The second-order valence-corrected chi connectivity index (χ2v) is 5.88. The van der Waals surface area contributed by atoms with Crippen LogP contribution in [0.5, 0.6) is 11.5 Å². The molecule has 0 heterocycles. The Kier molecular flexibility index (Phi) is 5.76. The maximum atomic E-state index is 13.0. The Morgan fingerprint density at radius 2 is 1.88 bits per heavy atom. The van der Waals surface area contributed by atoms with Gasteiger partial charge < -0.3 is 20.3 Å². The summed E-state index contributed by atoms with van der Waals surface area (Å²) in [7, 11) is 0. The minimum atomic E-state index is -4.40. The number of carbonyl (C=O) groups excluding carboxylic acids is 2. The highest BCUT2D eigenvalue weighted by atomic mass is 19.4. The number of phenolic OH excluding ortho intramolecular Hbond substituents is 2. The van der Waals surface area contributed by atoms with Crippen LogP contribution < -0.4 is 5.32 Å². The van der Waals surface area contributed by atoms with E-state index >= 15 is 0 Å². The van der Waals surface area contributed by atoms with E-state index in [1.165, 1.54) is 0 Å². The standard InChI is InChI=1S/C16H18F3NO5/c17-16(18,19)11-3-1-2-4-12(11)20-14(23)8-25-15(24)10-6-5-9(21)7-13(10)22/h5-7,11-12,21-22H,1-4,8H2,(H,20,23). The molecule has 0 aliphatic heterocycles. The average Bonchev–Trinajstić information content (AvgIpc) is 2.52. The maximum absolute atomic E-state index is 13.0. The van der Waals surface area contributed by atoms with Crippen molar-refractivity contribution in [2.75, 3.05) is 6.61 Å². The minimum absolute atomic E-state index is 0.0460. The maximum Gasteiger partial charge on any atom is 0.393 e. The van der Waals surface area contributed by atoms with Gasteiger partial charge in [-0.15, -0.1) is 0 Å². The molecule has 0 aromatic heterocycles. The molecule has 1 aromatic rings. The van der Waals surface area contributed by atoms with Gasteiger partial charge >= 0.3 is 12.1 Å². The molecule has 1 aliphatic carbocycles. The van der Waals surface area contributed by atoms with Gasteiger partial charge in [-0.1, -0.05) is 12.8 Å². The van der Waals surface area contributed by atoms with Crippen LogP contribution in [-0.2, 0) is 9.53 Å². The monoisotopic (exact) mass is 361 g/mol. The SMILES string of the molecule is O=C(COC(=O)c1ccc(O)cc1O)NC1CCCCC1C(F)(F)F. The van der Waals surface area contributed by atoms with E-state index in [2.05, 4.69) is 5.32 Å². The number of nitrogens with one attached hydrogen (secondary N) is 1. The predicted molar refractivity (Wildman–Crippen MR) is 80.0 cm³/mol. The largest absolute Gasteiger partial charge is 0.508 e. The zero-order chi connectivity index (χ0) is 18.6. The summed E-state index contributed by atoms with van der Waals surface area (Å²) in [6.45, 7) is -0.764. The van der Waals surface area contributed by atoms with Gasteiger partial charge in [0, 0.05) is 12.1 Å². The number of hydrogen-bond donors (Lipinski definition) is 3. The first kappa shape index (κ1) is 18.9. The highest BCUT2D eigenvalue weighted by Crippen LogP contribution is 2.37. The first-order valence-corrected chi connectivity index (χ1v) is 7.73. The van der Waals surface area contributed by atoms with Gasteiger partial charge in [-0.2, -0.15) is 13.2 Å². The Labute approximate surface area is 141 Å². The number of halogens is 3. The molecule has 1 amide bonds. The lowest BCUT2D eigenvalue weighted by atomic mass is 9.84. The van der Waals surface area contributed by atoms with Crippen molar-refractivity contribution in [1.82, 2.24) is 5.32 Å². The number of carbonyl (C=O) groups is 2. The number of amides is 1. The smallest absolute Gasteiger partial charge is 0.393 e. The number of ether oxygens (including phenoxy) is 1. The number of hydrogen-bond acceptors (Lipinski definition) is 5. The number of aromatic hydroxyl groups is 2. The highest BCUT2D eigenvalue weighted by Gasteiger charge is 2.45. The van der Waals surface area contributed by atoms with Crippen molar-refractivity contribution in [2.45, 2.75) is 37.9 Å². The molecular formula is C16H18F3NO5. The van der Waals surface area contributed by atoms with Crippen LogP contribution in [0, 0.1) is 5.92 Å². The van der Waals surface area contributed by atoms with Crippen LogP contribution in [0.4, 0.5) is 13.2 Å². The molecule has 1 aromatic carbocycles. The first-order valence-electron chi connectivity index (χ1n) is 7.73. The van der Waals surface area contributed by atoms with Crippen LogP contribution in [-0.4, -0.2) is 40.9 Å². The Bertz CT molecular complexity index is 647. The summed E-state index contributed by atoms with van der Waals surface area (Å²) >= 11 is 0. The summed E-state index contributed by atoms with van der Waals surface area (Å²) in [5.74, 6) is -4.27. The van der Waals surface area contributed by atoms with Gasteiger partial charge in [0.2, 0.25) is 0 Å². The van der Waals surface area contributed by atoms with Gasteiger partial charge in [0.1, 0.15) is 17.1 Å².